The van der Waals surface area contributed by atoms with Crippen molar-refractivity contribution in [2.45, 2.75) is 0 Å². The summed E-state index contributed by atoms with van der Waals surface area (Å²) in [5.74, 6) is -2.95. The molecule has 0 spiro atoms. The minimum Gasteiger partial charge on any atom is -0.503 e. The summed E-state index contributed by atoms with van der Waals surface area (Å²) < 4.78 is 17.9. The van der Waals surface area contributed by atoms with Gasteiger partial charge in [-0.15, -0.1) is 0 Å². The van der Waals surface area contributed by atoms with Crippen LogP contribution in [0.15, 0.2) is 22.4 Å². The molecule has 86 valence electrons. The highest BCUT2D eigenvalue weighted by atomic mass is 79.9. The van der Waals surface area contributed by atoms with Crippen LogP contribution >= 0.6 is 15.9 Å². The largest absolute Gasteiger partial charge is 0.503 e. The Hall–Kier alpha value is -1.56. The van der Waals surface area contributed by atoms with Gasteiger partial charge in [0.05, 0.1) is 11.6 Å². The fraction of sp³-hybridized carbons (Fsp3) is 0.100. The summed E-state index contributed by atoms with van der Waals surface area (Å²) >= 11 is 3.04. The van der Waals surface area contributed by atoms with Crippen LogP contribution in [0.2, 0.25) is 0 Å². The fourth-order valence-electron chi connectivity index (χ4n) is 1.04. The Morgan fingerprint density at radius 2 is 2.19 bits per heavy atom. The highest BCUT2D eigenvalue weighted by molar-refractivity contribution is 9.10. The van der Waals surface area contributed by atoms with E-state index in [1.807, 2.05) is 0 Å². The summed E-state index contributed by atoms with van der Waals surface area (Å²) in [4.78, 5) is 10.3. The molecule has 1 aromatic carbocycles. The SMILES string of the molecule is COc1cc(C=C(F)C(=O)O)cc(Br)c1O. The Labute approximate surface area is 99.1 Å². The van der Waals surface area contributed by atoms with Gasteiger partial charge in [0.1, 0.15) is 0 Å². The van der Waals surface area contributed by atoms with Gasteiger partial charge in [-0.25, -0.2) is 4.79 Å². The number of halogens is 2. The van der Waals surface area contributed by atoms with E-state index in [0.717, 1.165) is 6.08 Å². The van der Waals surface area contributed by atoms with Gasteiger partial charge in [0.2, 0.25) is 5.83 Å². The van der Waals surface area contributed by atoms with Gasteiger partial charge in [0.15, 0.2) is 11.5 Å². The standard InChI is InChI=1S/C10H8BrFO4/c1-16-8-4-5(2-6(11)9(8)13)3-7(12)10(14)15/h2-4,13H,1H3,(H,14,15). The van der Waals surface area contributed by atoms with Gasteiger partial charge in [-0.05, 0) is 39.7 Å². The second-order valence-corrected chi connectivity index (χ2v) is 3.71. The van der Waals surface area contributed by atoms with Crippen molar-refractivity contribution in [1.29, 1.82) is 0 Å². The smallest absolute Gasteiger partial charge is 0.364 e. The topological polar surface area (TPSA) is 66.8 Å². The van der Waals surface area contributed by atoms with E-state index in [0.29, 0.717) is 0 Å². The van der Waals surface area contributed by atoms with Crippen LogP contribution in [0, 0.1) is 0 Å². The van der Waals surface area contributed by atoms with Crippen LogP contribution in [0.1, 0.15) is 5.56 Å². The Bertz CT molecular complexity index is 456. The minimum atomic E-state index is -1.65. The molecule has 4 nitrogen and oxygen atoms in total. The molecule has 6 heteroatoms. The van der Waals surface area contributed by atoms with E-state index in [2.05, 4.69) is 15.9 Å². The van der Waals surface area contributed by atoms with Crippen LogP contribution < -0.4 is 4.74 Å². The highest BCUT2D eigenvalue weighted by Gasteiger charge is 2.10. The van der Waals surface area contributed by atoms with Crippen LogP contribution in [0.3, 0.4) is 0 Å². The third-order valence-corrected chi connectivity index (χ3v) is 2.37. The van der Waals surface area contributed by atoms with Crippen molar-refractivity contribution in [1.82, 2.24) is 0 Å². The summed E-state index contributed by atoms with van der Waals surface area (Å²) in [5.41, 5.74) is 0.265. The van der Waals surface area contributed by atoms with Crippen LogP contribution in [0.5, 0.6) is 11.5 Å². The van der Waals surface area contributed by atoms with Crippen molar-refractivity contribution in [3.8, 4) is 11.5 Å². The number of ether oxygens (including phenoxy) is 1. The predicted molar refractivity (Wildman–Crippen MR) is 59.1 cm³/mol. The first-order valence-electron chi connectivity index (χ1n) is 4.12. The number of carbonyl (C=O) groups is 1. The zero-order chi connectivity index (χ0) is 12.3. The van der Waals surface area contributed by atoms with Gasteiger partial charge in [-0.1, -0.05) is 0 Å². The third-order valence-electron chi connectivity index (χ3n) is 1.77. The number of phenols is 1. The molecule has 0 saturated carbocycles. The molecule has 16 heavy (non-hydrogen) atoms. The predicted octanol–water partition coefficient (Wildman–Crippen LogP) is 2.56. The van der Waals surface area contributed by atoms with Crippen molar-refractivity contribution >= 4 is 28.0 Å². The number of carboxylic acid groups (broad SMARTS) is 1. The highest BCUT2D eigenvalue weighted by Crippen LogP contribution is 2.35. The van der Waals surface area contributed by atoms with Crippen molar-refractivity contribution < 1.29 is 24.1 Å². The molecule has 2 N–H and O–H groups in total. The minimum absolute atomic E-state index is 0.124. The molecule has 1 aromatic rings. The van der Waals surface area contributed by atoms with E-state index >= 15 is 0 Å². The number of hydrogen-bond donors (Lipinski definition) is 2. The second-order valence-electron chi connectivity index (χ2n) is 2.85. The van der Waals surface area contributed by atoms with Crippen molar-refractivity contribution in [3.05, 3.63) is 28.0 Å². The van der Waals surface area contributed by atoms with Gasteiger partial charge in [0.25, 0.3) is 0 Å². The summed E-state index contributed by atoms with van der Waals surface area (Å²) in [6.07, 6.45) is 0.828. The quantitative estimate of drug-likeness (QED) is 0.840. The Balaban J connectivity index is 3.22. The summed E-state index contributed by atoms with van der Waals surface area (Å²) in [5, 5.41) is 17.8. The van der Waals surface area contributed by atoms with Crippen LogP contribution in [-0.2, 0) is 4.79 Å². The number of carboxylic acids is 1. The Kier molecular flexibility index (Phi) is 3.89. The molecule has 0 amide bonds. The first kappa shape index (κ1) is 12.5. The molecular weight excluding hydrogens is 283 g/mol. The molecule has 0 heterocycles. The van der Waals surface area contributed by atoms with E-state index in [1.54, 1.807) is 0 Å². The maximum atomic E-state index is 12.8. The molecule has 1 rings (SSSR count). The van der Waals surface area contributed by atoms with Crippen LogP contribution in [0.4, 0.5) is 4.39 Å². The monoisotopic (exact) mass is 290 g/mol. The van der Waals surface area contributed by atoms with E-state index in [1.165, 1.54) is 19.2 Å². The van der Waals surface area contributed by atoms with Gasteiger partial charge in [-0.2, -0.15) is 4.39 Å². The Morgan fingerprint density at radius 1 is 1.56 bits per heavy atom. The third kappa shape index (κ3) is 2.73. The molecule has 0 radical (unpaired) electrons. The average Bonchev–Trinajstić information content (AvgIpc) is 2.22. The van der Waals surface area contributed by atoms with Crippen molar-refractivity contribution in [2.24, 2.45) is 0 Å². The van der Waals surface area contributed by atoms with Gasteiger partial charge in [0, 0.05) is 0 Å². The molecule has 0 aliphatic rings. The molecule has 0 unspecified atom stereocenters. The zero-order valence-electron chi connectivity index (χ0n) is 8.20. The lowest BCUT2D eigenvalue weighted by molar-refractivity contribution is -0.134. The molecule has 0 bridgehead atoms. The first-order valence-corrected chi connectivity index (χ1v) is 4.92. The number of benzene rings is 1. The van der Waals surface area contributed by atoms with Crippen molar-refractivity contribution in [2.75, 3.05) is 7.11 Å². The number of phenolic OH excluding ortho intramolecular Hbond substituents is 1. The number of aromatic hydroxyl groups is 1. The Morgan fingerprint density at radius 3 is 2.69 bits per heavy atom. The van der Waals surface area contributed by atoms with Crippen LogP contribution in [0.25, 0.3) is 6.08 Å². The molecule has 0 fully saturated rings. The van der Waals surface area contributed by atoms with E-state index in [-0.39, 0.29) is 21.5 Å². The normalized spacial score (nSPS) is 11.3. The molecular formula is C10H8BrFO4. The lowest BCUT2D eigenvalue weighted by Crippen LogP contribution is -1.94. The van der Waals surface area contributed by atoms with Gasteiger partial charge < -0.3 is 14.9 Å². The number of hydrogen-bond acceptors (Lipinski definition) is 3. The summed E-state index contributed by atoms with van der Waals surface area (Å²) in [6.45, 7) is 0. The fourth-order valence-corrected chi connectivity index (χ4v) is 1.50. The summed E-state index contributed by atoms with van der Waals surface area (Å²) in [7, 11) is 1.34. The summed E-state index contributed by atoms with van der Waals surface area (Å²) in [6, 6.07) is 2.70. The molecule has 0 aliphatic carbocycles. The maximum absolute atomic E-state index is 12.8. The average molecular weight is 291 g/mol. The molecule has 0 saturated heterocycles. The molecule has 0 aliphatic heterocycles. The van der Waals surface area contributed by atoms with Crippen LogP contribution in [-0.4, -0.2) is 23.3 Å². The van der Waals surface area contributed by atoms with E-state index in [9.17, 15) is 14.3 Å². The van der Waals surface area contributed by atoms with Gasteiger partial charge in [-0.3, -0.25) is 0 Å². The molecule has 0 atom stereocenters. The van der Waals surface area contributed by atoms with Gasteiger partial charge >= 0.3 is 5.97 Å². The zero-order valence-corrected chi connectivity index (χ0v) is 9.78. The van der Waals surface area contributed by atoms with E-state index < -0.39 is 11.8 Å². The number of aliphatic carboxylic acids is 1. The second kappa shape index (κ2) is 4.98. The lowest BCUT2D eigenvalue weighted by Gasteiger charge is -2.06. The number of rotatable bonds is 3. The first-order chi connectivity index (χ1) is 7.45. The van der Waals surface area contributed by atoms with E-state index in [4.69, 9.17) is 9.84 Å². The maximum Gasteiger partial charge on any atom is 0.364 e. The molecule has 0 aromatic heterocycles. The number of methoxy groups -OCH3 is 1. The van der Waals surface area contributed by atoms with Crippen molar-refractivity contribution in [3.63, 3.8) is 0 Å². The lowest BCUT2D eigenvalue weighted by atomic mass is 10.2.